The highest BCUT2D eigenvalue weighted by Gasteiger charge is 2.24. The molecule has 4 heteroatoms. The first-order chi connectivity index (χ1) is 6.89. The molecule has 0 aromatic carbocycles. The Morgan fingerprint density at radius 3 is 0.938 bits per heavy atom. The van der Waals surface area contributed by atoms with Crippen molar-refractivity contribution in [1.82, 2.24) is 0 Å². The zero-order valence-electron chi connectivity index (χ0n) is 11.8. The van der Waals surface area contributed by atoms with Crippen molar-refractivity contribution in [3.63, 3.8) is 0 Å². The molecule has 0 atom stereocenters. The lowest BCUT2D eigenvalue weighted by molar-refractivity contribution is 1.34. The summed E-state index contributed by atoms with van der Waals surface area (Å²) < 4.78 is 3.24. The van der Waals surface area contributed by atoms with Gasteiger partial charge in [0.15, 0.2) is 0 Å². The van der Waals surface area contributed by atoms with E-state index in [2.05, 4.69) is 98.3 Å². The maximum atomic E-state index is 2.57. The van der Waals surface area contributed by atoms with Crippen LogP contribution in [0.1, 0.15) is 13.8 Å². The fraction of sp³-hybridized carbons (Fsp3) is 0.667. The Morgan fingerprint density at radius 2 is 0.812 bits per heavy atom. The molecule has 0 radical (unpaired) electrons. The largest absolute Gasteiger partial charge is 0.0858 e. The molecule has 0 unspecified atom stereocenters. The average Bonchev–Trinajstić information content (AvgIpc) is 2.10. The lowest BCUT2D eigenvalue weighted by atomic mass is 10.2. The minimum atomic E-state index is -1.15. The maximum absolute atomic E-state index is 2.57. The molecule has 0 heterocycles. The van der Waals surface area contributed by atoms with E-state index in [-0.39, 0.29) is 0 Å². The third kappa shape index (κ3) is 4.93. The molecule has 0 saturated carbocycles. The molecule has 0 aliphatic heterocycles. The Labute approximate surface area is 131 Å². The molecule has 0 nitrogen and oxygen atoms in total. The van der Waals surface area contributed by atoms with Crippen LogP contribution in [0.3, 0.4) is 0 Å². The summed E-state index contributed by atoms with van der Waals surface area (Å²) >= 11 is 5.14. The number of allylic oxidation sites excluding steroid dienone is 2. The minimum Gasteiger partial charge on any atom is -0.0652 e. The van der Waals surface area contributed by atoms with Crippen LogP contribution in [0.25, 0.3) is 0 Å². The van der Waals surface area contributed by atoms with Gasteiger partial charge in [0.25, 0.3) is 0 Å². The van der Waals surface area contributed by atoms with Gasteiger partial charge in [0.05, 0.1) is 16.1 Å². The highest BCUT2D eigenvalue weighted by atomic mass is 127. The second-order valence-electron chi connectivity index (χ2n) is 6.38. The van der Waals surface area contributed by atoms with Crippen LogP contribution in [-0.4, -0.2) is 16.1 Å². The molecule has 16 heavy (non-hydrogen) atoms. The molecule has 0 N–H and O–H groups in total. The second-order valence-corrected chi connectivity index (χ2v) is 20.6. The third-order valence-electron chi connectivity index (χ3n) is 2.54. The van der Waals surface area contributed by atoms with Gasteiger partial charge < -0.3 is 0 Å². The van der Waals surface area contributed by atoms with E-state index in [1.54, 1.807) is 6.41 Å². The minimum absolute atomic E-state index is 1.15. The Hall–Kier alpha value is 1.37. The van der Waals surface area contributed by atoms with Gasteiger partial charge in [-0.05, 0) is 31.4 Å². The van der Waals surface area contributed by atoms with Gasteiger partial charge >= 0.3 is 0 Å². The third-order valence-corrected chi connectivity index (χ3v) is 17.2. The summed E-state index contributed by atoms with van der Waals surface area (Å²) in [6.45, 7) is 19.1. The van der Waals surface area contributed by atoms with Gasteiger partial charge in [-0.15, -0.1) is 0 Å². The van der Waals surface area contributed by atoms with Crippen LogP contribution in [-0.2, 0) is 0 Å². The fourth-order valence-electron chi connectivity index (χ4n) is 1.45. The number of hydrogen-bond donors (Lipinski definition) is 0. The fourth-order valence-corrected chi connectivity index (χ4v) is 4.89. The summed E-state index contributed by atoms with van der Waals surface area (Å²) in [5.41, 5.74) is 3.07. The molecule has 0 aromatic heterocycles. The van der Waals surface area contributed by atoms with E-state index < -0.39 is 16.1 Å². The first kappa shape index (κ1) is 17.4. The average molecular weight is 478 g/mol. The van der Waals surface area contributed by atoms with E-state index in [0.29, 0.717) is 0 Å². The molecule has 0 spiro atoms. The van der Waals surface area contributed by atoms with Crippen molar-refractivity contribution in [3.05, 3.63) is 17.6 Å². The summed E-state index contributed by atoms with van der Waals surface area (Å²) in [5, 5.41) is 0. The molecule has 94 valence electrons. The van der Waals surface area contributed by atoms with Gasteiger partial charge in [0.2, 0.25) is 0 Å². The smallest absolute Gasteiger partial charge is 0.0652 e. The Balaban J connectivity index is 5.55. The maximum Gasteiger partial charge on any atom is 0.0858 e. The highest BCUT2D eigenvalue weighted by molar-refractivity contribution is 14.1. The van der Waals surface area contributed by atoms with E-state index >= 15 is 0 Å². The standard InChI is InChI=1S/C12H24I2Si2/c1-9(11(13)15(3,4)5)10(2)12(14)16(6,7)8/h1-8H3/b11-9+,12-10+. The van der Waals surface area contributed by atoms with Crippen LogP contribution in [0, 0.1) is 0 Å². The van der Waals surface area contributed by atoms with Crippen molar-refractivity contribution >= 4 is 61.3 Å². The van der Waals surface area contributed by atoms with Crippen molar-refractivity contribution in [1.29, 1.82) is 0 Å². The van der Waals surface area contributed by atoms with Crippen molar-refractivity contribution in [2.24, 2.45) is 0 Å². The highest BCUT2D eigenvalue weighted by Crippen LogP contribution is 2.34. The zero-order chi connectivity index (χ0) is 13.3. The molecular weight excluding hydrogens is 454 g/mol. The van der Waals surface area contributed by atoms with Crippen molar-refractivity contribution in [2.45, 2.75) is 53.1 Å². The molecule has 0 amide bonds. The van der Waals surface area contributed by atoms with Crippen LogP contribution >= 0.6 is 45.2 Å². The van der Waals surface area contributed by atoms with E-state index in [1.165, 1.54) is 11.1 Å². The molecule has 0 aliphatic carbocycles. The van der Waals surface area contributed by atoms with E-state index in [9.17, 15) is 0 Å². The Bertz CT molecular complexity index is 294. The predicted molar refractivity (Wildman–Crippen MR) is 100 cm³/mol. The van der Waals surface area contributed by atoms with Gasteiger partial charge in [-0.3, -0.25) is 0 Å². The zero-order valence-corrected chi connectivity index (χ0v) is 18.1. The lowest BCUT2D eigenvalue weighted by Gasteiger charge is -2.23. The van der Waals surface area contributed by atoms with E-state index in [0.717, 1.165) is 0 Å². The second kappa shape index (κ2) is 6.01. The number of halogens is 2. The molecule has 0 fully saturated rings. The Morgan fingerprint density at radius 1 is 0.625 bits per heavy atom. The van der Waals surface area contributed by atoms with Crippen molar-refractivity contribution in [2.75, 3.05) is 0 Å². The normalized spacial score (nSPS) is 16.9. The van der Waals surface area contributed by atoms with Gasteiger partial charge in [0, 0.05) is 0 Å². The van der Waals surface area contributed by atoms with Gasteiger partial charge in [-0.2, -0.15) is 0 Å². The van der Waals surface area contributed by atoms with Crippen LogP contribution < -0.4 is 0 Å². The van der Waals surface area contributed by atoms with E-state index in [4.69, 9.17) is 0 Å². The topological polar surface area (TPSA) is 0 Å². The molecule has 0 rings (SSSR count). The number of hydrogen-bond acceptors (Lipinski definition) is 0. The van der Waals surface area contributed by atoms with Gasteiger partial charge in [-0.1, -0.05) is 84.5 Å². The lowest BCUT2D eigenvalue weighted by Crippen LogP contribution is -2.24. The van der Waals surface area contributed by atoms with Crippen molar-refractivity contribution in [3.8, 4) is 0 Å². The van der Waals surface area contributed by atoms with Gasteiger partial charge in [-0.25, -0.2) is 0 Å². The van der Waals surface area contributed by atoms with Crippen LogP contribution in [0.5, 0.6) is 0 Å². The van der Waals surface area contributed by atoms with Gasteiger partial charge in [0.1, 0.15) is 0 Å². The van der Waals surface area contributed by atoms with E-state index in [1.807, 2.05) is 0 Å². The first-order valence-corrected chi connectivity index (χ1v) is 14.8. The summed E-state index contributed by atoms with van der Waals surface area (Å²) in [4.78, 5) is 0. The monoisotopic (exact) mass is 478 g/mol. The SMILES string of the molecule is CC(/C(C)=C(\I)[Si](C)(C)C)=C(/I)[Si](C)(C)C. The van der Waals surface area contributed by atoms with Crippen molar-refractivity contribution < 1.29 is 0 Å². The predicted octanol–water partition coefficient (Wildman–Crippen LogP) is 6.16. The molecular formula is C12H24I2Si2. The quantitative estimate of drug-likeness (QED) is 0.259. The van der Waals surface area contributed by atoms with Crippen LogP contribution in [0.15, 0.2) is 17.6 Å². The number of rotatable bonds is 3. The van der Waals surface area contributed by atoms with Crippen LogP contribution in [0.2, 0.25) is 39.3 Å². The first-order valence-electron chi connectivity index (χ1n) is 5.63. The molecule has 0 bridgehead atoms. The Kier molecular flexibility index (Phi) is 6.53. The summed E-state index contributed by atoms with van der Waals surface area (Å²) in [5.74, 6) is 0. The molecule has 0 aromatic rings. The summed E-state index contributed by atoms with van der Waals surface area (Å²) in [7, 11) is -2.29. The molecule has 0 saturated heterocycles. The van der Waals surface area contributed by atoms with Crippen LogP contribution in [0.4, 0.5) is 0 Å². The molecule has 0 aliphatic rings. The summed E-state index contributed by atoms with van der Waals surface area (Å²) in [6, 6.07) is 0. The summed E-state index contributed by atoms with van der Waals surface area (Å²) in [6.07, 6.45) is 0.